The van der Waals surface area contributed by atoms with Crippen LogP contribution in [0.2, 0.25) is 0 Å². The van der Waals surface area contributed by atoms with Crippen molar-refractivity contribution in [3.05, 3.63) is 35.4 Å². The number of benzene rings is 2. The Morgan fingerprint density at radius 1 is 0.848 bits per heavy atom. The molecule has 0 saturated carbocycles. The standard InChI is InChI=1S/C34H51NO10S/c1-5-18-46(37,38)32-23-26(28-22-27(24-45-28)25-19-29(39-2)33(41-4)30(20-25)40-3)21-31(34(32)44-14-9-7-6-8-13-36)43-17-12-35-10-15-42-16-11-35/h19-21,23,27-28,36H,5-18,22,24H2,1-4H3. The minimum atomic E-state index is -3.67. The number of methoxy groups -OCH3 is 3. The fraction of sp³-hybridized carbons (Fsp3) is 0.647. The second kappa shape index (κ2) is 18.0. The van der Waals surface area contributed by atoms with Crippen molar-refractivity contribution in [3.63, 3.8) is 0 Å². The molecule has 12 heteroatoms. The van der Waals surface area contributed by atoms with Gasteiger partial charge >= 0.3 is 0 Å². The van der Waals surface area contributed by atoms with E-state index in [1.54, 1.807) is 27.4 Å². The number of morpholine rings is 1. The molecule has 2 heterocycles. The predicted molar refractivity (Wildman–Crippen MR) is 175 cm³/mol. The molecule has 0 bridgehead atoms. The summed E-state index contributed by atoms with van der Waals surface area (Å²) in [6, 6.07) is 7.47. The average Bonchev–Trinajstić information content (AvgIpc) is 3.57. The quantitative estimate of drug-likeness (QED) is 0.209. The van der Waals surface area contributed by atoms with Gasteiger partial charge in [0.1, 0.15) is 11.5 Å². The molecule has 11 nitrogen and oxygen atoms in total. The van der Waals surface area contributed by atoms with Gasteiger partial charge in [0.2, 0.25) is 5.75 Å². The summed E-state index contributed by atoms with van der Waals surface area (Å²) < 4.78 is 68.4. The zero-order valence-corrected chi connectivity index (χ0v) is 28.6. The molecular formula is C34H51NO10S. The molecule has 2 atom stereocenters. The fourth-order valence-electron chi connectivity index (χ4n) is 5.92. The topological polar surface area (TPSA) is 122 Å². The van der Waals surface area contributed by atoms with E-state index in [1.807, 2.05) is 25.1 Å². The van der Waals surface area contributed by atoms with E-state index in [0.717, 1.165) is 49.9 Å². The van der Waals surface area contributed by atoms with Crippen LogP contribution in [-0.2, 0) is 19.3 Å². The second-order valence-corrected chi connectivity index (χ2v) is 13.7. The van der Waals surface area contributed by atoms with Crippen LogP contribution < -0.4 is 23.7 Å². The molecule has 2 aliphatic heterocycles. The number of ether oxygens (including phenoxy) is 7. The Morgan fingerprint density at radius 2 is 1.54 bits per heavy atom. The highest BCUT2D eigenvalue weighted by Gasteiger charge is 2.33. The van der Waals surface area contributed by atoms with Crippen LogP contribution in [0.1, 0.15) is 68.6 Å². The lowest BCUT2D eigenvalue weighted by Gasteiger charge is -2.27. The van der Waals surface area contributed by atoms with Gasteiger partial charge in [0, 0.05) is 32.2 Å². The molecule has 0 radical (unpaired) electrons. The van der Waals surface area contributed by atoms with Gasteiger partial charge < -0.3 is 38.3 Å². The summed E-state index contributed by atoms with van der Waals surface area (Å²) in [7, 11) is 1.08. The van der Waals surface area contributed by atoms with Gasteiger partial charge in [-0.15, -0.1) is 0 Å². The van der Waals surface area contributed by atoms with Gasteiger partial charge in [0.25, 0.3) is 0 Å². The molecule has 2 aromatic rings. The number of aliphatic hydroxyl groups excluding tert-OH is 1. The third kappa shape index (κ3) is 9.41. The van der Waals surface area contributed by atoms with E-state index in [0.29, 0.717) is 75.4 Å². The number of nitrogens with zero attached hydrogens (tertiary/aromatic N) is 1. The first-order valence-electron chi connectivity index (χ1n) is 16.3. The molecule has 1 N–H and O–H groups in total. The average molecular weight is 666 g/mol. The summed E-state index contributed by atoms with van der Waals surface area (Å²) in [5, 5.41) is 9.10. The van der Waals surface area contributed by atoms with Crippen molar-refractivity contribution in [2.45, 2.75) is 62.4 Å². The minimum absolute atomic E-state index is 0.00385. The highest BCUT2D eigenvalue weighted by molar-refractivity contribution is 7.91. The lowest BCUT2D eigenvalue weighted by atomic mass is 9.93. The first-order valence-corrected chi connectivity index (χ1v) is 18.0. The van der Waals surface area contributed by atoms with Crippen molar-refractivity contribution >= 4 is 9.84 Å². The van der Waals surface area contributed by atoms with E-state index >= 15 is 0 Å². The largest absolute Gasteiger partial charge is 0.493 e. The van der Waals surface area contributed by atoms with Crippen molar-refractivity contribution in [2.75, 3.05) is 86.4 Å². The Labute approximate surface area is 273 Å². The SMILES string of the molecule is CCCS(=O)(=O)c1cc(C2CC(c3cc(OC)c(OC)c(OC)c3)CO2)cc(OCCN2CCOCC2)c1OCCCCCCO. The number of hydrogen-bond donors (Lipinski definition) is 1. The Hall–Kier alpha value is -2.77. The maximum Gasteiger partial charge on any atom is 0.203 e. The van der Waals surface area contributed by atoms with Gasteiger partial charge in [0.05, 0.1) is 59.6 Å². The molecule has 2 unspecified atom stereocenters. The van der Waals surface area contributed by atoms with E-state index in [-0.39, 0.29) is 35.0 Å². The van der Waals surface area contributed by atoms with Crippen LogP contribution in [-0.4, -0.2) is 105 Å². The second-order valence-electron chi connectivity index (χ2n) is 11.7. The van der Waals surface area contributed by atoms with Crippen LogP contribution in [0.5, 0.6) is 28.7 Å². The molecular weight excluding hydrogens is 614 g/mol. The maximum absolute atomic E-state index is 13.7. The number of unbranched alkanes of at least 4 members (excludes halogenated alkanes) is 3. The molecule has 2 fully saturated rings. The van der Waals surface area contributed by atoms with Crippen molar-refractivity contribution in [1.29, 1.82) is 0 Å². The van der Waals surface area contributed by atoms with Gasteiger partial charge in [0.15, 0.2) is 32.8 Å². The normalized spacial score (nSPS) is 18.8. The highest BCUT2D eigenvalue weighted by atomic mass is 32.2. The Kier molecular flexibility index (Phi) is 14.1. The smallest absolute Gasteiger partial charge is 0.203 e. The fourth-order valence-corrected chi connectivity index (χ4v) is 7.44. The lowest BCUT2D eigenvalue weighted by Crippen LogP contribution is -2.38. The Balaban J connectivity index is 1.64. The van der Waals surface area contributed by atoms with Crippen molar-refractivity contribution < 1.29 is 46.7 Å². The van der Waals surface area contributed by atoms with Gasteiger partial charge in [-0.1, -0.05) is 13.3 Å². The molecule has 2 aromatic carbocycles. The summed E-state index contributed by atoms with van der Waals surface area (Å²) in [5.74, 6) is 2.36. The molecule has 0 spiro atoms. The Bertz CT molecular complexity index is 1320. The van der Waals surface area contributed by atoms with E-state index in [1.165, 1.54) is 0 Å². The highest BCUT2D eigenvalue weighted by Crippen LogP contribution is 2.47. The summed E-state index contributed by atoms with van der Waals surface area (Å²) in [5.41, 5.74) is 1.72. The van der Waals surface area contributed by atoms with Crippen LogP contribution in [0.15, 0.2) is 29.2 Å². The zero-order valence-electron chi connectivity index (χ0n) is 27.8. The minimum Gasteiger partial charge on any atom is -0.493 e. The third-order valence-electron chi connectivity index (χ3n) is 8.45. The first-order chi connectivity index (χ1) is 22.3. The van der Waals surface area contributed by atoms with E-state index in [9.17, 15) is 8.42 Å². The molecule has 2 saturated heterocycles. The van der Waals surface area contributed by atoms with Crippen LogP contribution in [0, 0.1) is 0 Å². The van der Waals surface area contributed by atoms with Crippen LogP contribution in [0.25, 0.3) is 0 Å². The van der Waals surface area contributed by atoms with E-state index in [4.69, 9.17) is 38.3 Å². The van der Waals surface area contributed by atoms with Gasteiger partial charge in [-0.2, -0.15) is 0 Å². The maximum atomic E-state index is 13.7. The lowest BCUT2D eigenvalue weighted by molar-refractivity contribution is 0.0320. The van der Waals surface area contributed by atoms with Crippen molar-refractivity contribution in [3.8, 4) is 28.7 Å². The number of hydrogen-bond acceptors (Lipinski definition) is 11. The Morgan fingerprint density at radius 3 is 2.20 bits per heavy atom. The summed E-state index contributed by atoms with van der Waals surface area (Å²) >= 11 is 0. The van der Waals surface area contributed by atoms with Gasteiger partial charge in [-0.3, -0.25) is 4.90 Å². The van der Waals surface area contributed by atoms with Crippen LogP contribution in [0.4, 0.5) is 0 Å². The molecule has 4 rings (SSSR count). The molecule has 2 aliphatic rings. The van der Waals surface area contributed by atoms with Crippen molar-refractivity contribution in [2.24, 2.45) is 0 Å². The molecule has 0 aliphatic carbocycles. The van der Waals surface area contributed by atoms with Gasteiger partial charge in [-0.05, 0) is 67.5 Å². The zero-order chi connectivity index (χ0) is 32.9. The van der Waals surface area contributed by atoms with Crippen molar-refractivity contribution in [1.82, 2.24) is 4.90 Å². The van der Waals surface area contributed by atoms with Crippen LogP contribution >= 0.6 is 0 Å². The monoisotopic (exact) mass is 665 g/mol. The number of sulfone groups is 1. The molecule has 46 heavy (non-hydrogen) atoms. The third-order valence-corrected chi connectivity index (χ3v) is 10.4. The van der Waals surface area contributed by atoms with Crippen LogP contribution in [0.3, 0.4) is 0 Å². The molecule has 0 aromatic heterocycles. The summed E-state index contributed by atoms with van der Waals surface area (Å²) in [4.78, 5) is 2.41. The number of rotatable bonds is 19. The summed E-state index contributed by atoms with van der Waals surface area (Å²) in [6.45, 7) is 6.90. The van der Waals surface area contributed by atoms with E-state index in [2.05, 4.69) is 4.90 Å². The summed E-state index contributed by atoms with van der Waals surface area (Å²) in [6.07, 6.45) is 3.99. The molecule has 258 valence electrons. The number of aliphatic hydroxyl groups is 1. The van der Waals surface area contributed by atoms with Gasteiger partial charge in [-0.25, -0.2) is 8.42 Å². The van der Waals surface area contributed by atoms with E-state index < -0.39 is 9.84 Å². The molecule has 0 amide bonds. The predicted octanol–water partition coefficient (Wildman–Crippen LogP) is 4.78. The first kappa shape index (κ1) is 36.1.